The molecule has 0 unspecified atom stereocenters. The number of anilines is 3. The van der Waals surface area contributed by atoms with Gasteiger partial charge in [-0.3, -0.25) is 4.79 Å². The second-order valence-electron chi connectivity index (χ2n) is 5.63. The van der Waals surface area contributed by atoms with Crippen molar-refractivity contribution >= 4 is 23.0 Å². The largest absolute Gasteiger partial charge is 0.495 e. The van der Waals surface area contributed by atoms with Crippen molar-refractivity contribution in [1.29, 1.82) is 0 Å². The van der Waals surface area contributed by atoms with E-state index in [-0.39, 0.29) is 5.91 Å². The summed E-state index contributed by atoms with van der Waals surface area (Å²) >= 11 is 0. The van der Waals surface area contributed by atoms with E-state index in [1.54, 1.807) is 13.2 Å². The van der Waals surface area contributed by atoms with Gasteiger partial charge in [-0.2, -0.15) is 0 Å². The van der Waals surface area contributed by atoms with Gasteiger partial charge in [0.1, 0.15) is 5.75 Å². The number of carbonyl (C=O) groups excluding carboxylic acids is 1. The molecule has 0 aliphatic carbocycles. The number of nitrogen functional groups attached to an aromatic ring is 1. The highest BCUT2D eigenvalue weighted by molar-refractivity contribution is 5.96. The molecule has 120 valence electrons. The highest BCUT2D eigenvalue weighted by atomic mass is 16.5. The summed E-state index contributed by atoms with van der Waals surface area (Å²) < 4.78 is 5.32. The van der Waals surface area contributed by atoms with Crippen LogP contribution in [0.1, 0.15) is 23.2 Å². The van der Waals surface area contributed by atoms with Crippen molar-refractivity contribution < 1.29 is 9.53 Å². The summed E-state index contributed by atoms with van der Waals surface area (Å²) in [5.74, 6) is 0.794. The van der Waals surface area contributed by atoms with Gasteiger partial charge in [-0.15, -0.1) is 0 Å². The van der Waals surface area contributed by atoms with E-state index in [0.29, 0.717) is 11.3 Å². The lowest BCUT2D eigenvalue weighted by Crippen LogP contribution is -2.27. The van der Waals surface area contributed by atoms with Crippen molar-refractivity contribution in [2.24, 2.45) is 0 Å². The molecule has 0 saturated carbocycles. The molecule has 2 aromatic rings. The molecule has 5 heteroatoms. The Morgan fingerprint density at radius 2 is 1.87 bits per heavy atom. The molecule has 1 aliphatic rings. The summed E-state index contributed by atoms with van der Waals surface area (Å²) in [6.07, 6.45) is 2.16. The molecule has 1 saturated heterocycles. The molecule has 0 bridgehead atoms. The molecular weight excluding hydrogens is 290 g/mol. The van der Waals surface area contributed by atoms with Crippen LogP contribution in [0.5, 0.6) is 5.75 Å². The van der Waals surface area contributed by atoms with E-state index < -0.39 is 0 Å². The predicted octanol–water partition coefficient (Wildman–Crippen LogP) is 3.26. The summed E-state index contributed by atoms with van der Waals surface area (Å²) in [6.45, 7) is 1.67. The van der Waals surface area contributed by atoms with Crippen LogP contribution in [0.15, 0.2) is 42.5 Å². The predicted molar refractivity (Wildman–Crippen MR) is 92.3 cm³/mol. The van der Waals surface area contributed by atoms with Crippen LogP contribution in [0.2, 0.25) is 0 Å². The standard InChI is InChI=1S/C18H21N3O2/c1-23-17-7-3-2-6-16(17)20-15-9-8-13(12-14(15)19)18(22)21-10-4-5-11-21/h2-3,6-9,12,20H,4-5,10-11,19H2,1H3. The fourth-order valence-electron chi connectivity index (χ4n) is 2.81. The Labute approximate surface area is 136 Å². The Hall–Kier alpha value is -2.69. The molecule has 1 heterocycles. The minimum absolute atomic E-state index is 0.0537. The Morgan fingerprint density at radius 1 is 1.13 bits per heavy atom. The lowest BCUT2D eigenvalue weighted by molar-refractivity contribution is 0.0793. The highest BCUT2D eigenvalue weighted by Crippen LogP contribution is 2.30. The van der Waals surface area contributed by atoms with Gasteiger partial charge in [0, 0.05) is 18.7 Å². The molecular formula is C18H21N3O2. The Bertz CT molecular complexity index is 709. The van der Waals surface area contributed by atoms with Gasteiger partial charge in [0.25, 0.3) is 5.91 Å². The number of hydrogen-bond donors (Lipinski definition) is 2. The quantitative estimate of drug-likeness (QED) is 0.851. The lowest BCUT2D eigenvalue weighted by atomic mass is 10.1. The molecule has 3 rings (SSSR count). The van der Waals surface area contributed by atoms with Gasteiger partial charge >= 0.3 is 0 Å². The minimum Gasteiger partial charge on any atom is -0.495 e. The van der Waals surface area contributed by atoms with Crippen LogP contribution in [-0.4, -0.2) is 31.0 Å². The maximum absolute atomic E-state index is 12.4. The Kier molecular flexibility index (Phi) is 4.37. The fourth-order valence-corrected chi connectivity index (χ4v) is 2.81. The zero-order valence-corrected chi connectivity index (χ0v) is 13.2. The van der Waals surface area contributed by atoms with Gasteiger partial charge in [-0.1, -0.05) is 12.1 Å². The van der Waals surface area contributed by atoms with Gasteiger partial charge in [0.2, 0.25) is 0 Å². The number of carbonyl (C=O) groups is 1. The zero-order chi connectivity index (χ0) is 16.2. The molecule has 23 heavy (non-hydrogen) atoms. The molecule has 0 atom stereocenters. The molecule has 1 amide bonds. The first kappa shape index (κ1) is 15.2. The highest BCUT2D eigenvalue weighted by Gasteiger charge is 2.20. The first-order valence-electron chi connectivity index (χ1n) is 7.78. The summed E-state index contributed by atoms with van der Waals surface area (Å²) in [7, 11) is 1.63. The van der Waals surface area contributed by atoms with Gasteiger partial charge in [-0.05, 0) is 43.2 Å². The fraction of sp³-hybridized carbons (Fsp3) is 0.278. The van der Waals surface area contributed by atoms with Crippen molar-refractivity contribution in [2.45, 2.75) is 12.8 Å². The molecule has 0 aromatic heterocycles. The van der Waals surface area contributed by atoms with Crippen molar-refractivity contribution in [3.63, 3.8) is 0 Å². The molecule has 3 N–H and O–H groups in total. The van der Waals surface area contributed by atoms with Crippen LogP contribution in [0, 0.1) is 0 Å². The summed E-state index contributed by atoms with van der Waals surface area (Å²) in [5.41, 5.74) is 8.89. The first-order valence-corrected chi connectivity index (χ1v) is 7.78. The smallest absolute Gasteiger partial charge is 0.253 e. The Balaban J connectivity index is 1.80. The second kappa shape index (κ2) is 6.60. The number of amides is 1. The number of para-hydroxylation sites is 2. The number of benzene rings is 2. The SMILES string of the molecule is COc1ccccc1Nc1ccc(C(=O)N2CCCC2)cc1N. The van der Waals surface area contributed by atoms with Gasteiger partial charge in [0.15, 0.2) is 0 Å². The number of ether oxygens (including phenoxy) is 1. The van der Waals surface area contributed by atoms with Crippen LogP contribution < -0.4 is 15.8 Å². The van der Waals surface area contributed by atoms with Crippen molar-refractivity contribution in [3.8, 4) is 5.75 Å². The first-order chi connectivity index (χ1) is 11.2. The van der Waals surface area contributed by atoms with E-state index in [1.165, 1.54) is 0 Å². The minimum atomic E-state index is 0.0537. The van der Waals surface area contributed by atoms with E-state index in [2.05, 4.69) is 5.32 Å². The van der Waals surface area contributed by atoms with Gasteiger partial charge in [-0.25, -0.2) is 0 Å². The Morgan fingerprint density at radius 3 is 2.57 bits per heavy atom. The summed E-state index contributed by atoms with van der Waals surface area (Å²) in [4.78, 5) is 14.3. The maximum atomic E-state index is 12.4. The van der Waals surface area contributed by atoms with E-state index in [9.17, 15) is 4.79 Å². The molecule has 1 fully saturated rings. The number of nitrogens with one attached hydrogen (secondary N) is 1. The van der Waals surface area contributed by atoms with Crippen LogP contribution >= 0.6 is 0 Å². The average Bonchev–Trinajstić information content (AvgIpc) is 3.11. The zero-order valence-electron chi connectivity index (χ0n) is 13.2. The van der Waals surface area contributed by atoms with E-state index >= 15 is 0 Å². The van der Waals surface area contributed by atoms with Crippen molar-refractivity contribution in [3.05, 3.63) is 48.0 Å². The topological polar surface area (TPSA) is 67.6 Å². The third-order valence-corrected chi connectivity index (χ3v) is 4.07. The van der Waals surface area contributed by atoms with Gasteiger partial charge in [0.05, 0.1) is 24.2 Å². The van der Waals surface area contributed by atoms with Crippen LogP contribution in [0.4, 0.5) is 17.1 Å². The number of rotatable bonds is 4. The number of likely N-dealkylation sites (tertiary alicyclic amines) is 1. The normalized spacial score (nSPS) is 13.9. The van der Waals surface area contributed by atoms with Crippen molar-refractivity contribution in [2.75, 3.05) is 31.2 Å². The van der Waals surface area contributed by atoms with Crippen LogP contribution in [-0.2, 0) is 0 Å². The summed E-state index contributed by atoms with van der Waals surface area (Å²) in [5, 5.41) is 3.25. The lowest BCUT2D eigenvalue weighted by Gasteiger charge is -2.17. The van der Waals surface area contributed by atoms with E-state index in [1.807, 2.05) is 41.3 Å². The number of nitrogens with two attached hydrogens (primary N) is 1. The molecule has 5 nitrogen and oxygen atoms in total. The molecule has 0 spiro atoms. The van der Waals surface area contributed by atoms with Crippen molar-refractivity contribution in [1.82, 2.24) is 4.90 Å². The average molecular weight is 311 g/mol. The molecule has 2 aromatic carbocycles. The van der Waals surface area contributed by atoms with Gasteiger partial charge < -0.3 is 20.7 Å². The number of nitrogens with zero attached hydrogens (tertiary/aromatic N) is 1. The van der Waals surface area contributed by atoms with E-state index in [0.717, 1.165) is 43.1 Å². The third kappa shape index (κ3) is 3.23. The van der Waals surface area contributed by atoms with E-state index in [4.69, 9.17) is 10.5 Å². The summed E-state index contributed by atoms with van der Waals surface area (Å²) in [6, 6.07) is 13.0. The number of hydrogen-bond acceptors (Lipinski definition) is 4. The second-order valence-corrected chi connectivity index (χ2v) is 5.63. The molecule has 1 aliphatic heterocycles. The third-order valence-electron chi connectivity index (χ3n) is 4.07. The number of methoxy groups -OCH3 is 1. The maximum Gasteiger partial charge on any atom is 0.253 e. The monoisotopic (exact) mass is 311 g/mol. The van der Waals surface area contributed by atoms with Crippen LogP contribution in [0.25, 0.3) is 0 Å². The van der Waals surface area contributed by atoms with Crippen LogP contribution in [0.3, 0.4) is 0 Å². The molecule has 0 radical (unpaired) electrons.